The van der Waals surface area contributed by atoms with Gasteiger partial charge in [-0.25, -0.2) is 9.97 Å². The Kier molecular flexibility index (Phi) is 10.2. The Hall–Kier alpha value is -2.35. The average Bonchev–Trinajstić information content (AvgIpc) is 3.26. The molecule has 0 aliphatic rings. The number of nitrogens with zero attached hydrogens (tertiary/aromatic N) is 3. The number of rotatable bonds is 15. The number of nitrogens with one attached hydrogen (secondary N) is 2. The van der Waals surface area contributed by atoms with Crippen molar-refractivity contribution in [3.8, 4) is 11.5 Å². The minimum Gasteiger partial charge on any atom is -0.497 e. The van der Waals surface area contributed by atoms with E-state index in [1.165, 1.54) is 25.7 Å². The first-order valence-electron chi connectivity index (χ1n) is 11.9. The van der Waals surface area contributed by atoms with Crippen LogP contribution in [0.15, 0.2) is 18.2 Å². The van der Waals surface area contributed by atoms with Gasteiger partial charge in [-0.1, -0.05) is 48.5 Å². The molecule has 180 valence electrons. The Morgan fingerprint density at radius 2 is 1.76 bits per heavy atom. The third kappa shape index (κ3) is 7.06. The highest BCUT2D eigenvalue weighted by molar-refractivity contribution is 9.09. The predicted molar refractivity (Wildman–Crippen MR) is 138 cm³/mol. The molecule has 1 aromatic carbocycles. The monoisotopic (exact) mass is 517 g/mol. The second-order valence-electron chi connectivity index (χ2n) is 8.23. The van der Waals surface area contributed by atoms with E-state index in [4.69, 9.17) is 19.4 Å². The largest absolute Gasteiger partial charge is 0.497 e. The molecule has 0 unspecified atom stereocenters. The predicted octanol–water partition coefficient (Wildman–Crippen LogP) is 6.21. The zero-order valence-electron chi connectivity index (χ0n) is 20.0. The molecule has 7 nitrogen and oxygen atoms in total. The van der Waals surface area contributed by atoms with Crippen LogP contribution in [0.4, 0.5) is 5.82 Å². The SMILES string of the molecule is CCCCc1nc(NCc2ccc(OC)cc2OC)c2n[nH]c(CCCCCCCBr)c2n1. The van der Waals surface area contributed by atoms with Crippen LogP contribution in [0.2, 0.25) is 0 Å². The molecule has 2 N–H and O–H groups in total. The lowest BCUT2D eigenvalue weighted by molar-refractivity contribution is 0.391. The molecule has 8 heteroatoms. The van der Waals surface area contributed by atoms with E-state index in [9.17, 15) is 0 Å². The van der Waals surface area contributed by atoms with Gasteiger partial charge in [0, 0.05) is 29.9 Å². The van der Waals surface area contributed by atoms with Crippen molar-refractivity contribution in [2.45, 2.75) is 71.3 Å². The van der Waals surface area contributed by atoms with E-state index in [0.29, 0.717) is 6.54 Å². The van der Waals surface area contributed by atoms with Crippen LogP contribution in [0.25, 0.3) is 11.0 Å². The van der Waals surface area contributed by atoms with Gasteiger partial charge in [-0.05, 0) is 37.8 Å². The normalized spacial score (nSPS) is 11.2. The highest BCUT2D eigenvalue weighted by Gasteiger charge is 2.15. The van der Waals surface area contributed by atoms with E-state index in [1.807, 2.05) is 18.2 Å². The van der Waals surface area contributed by atoms with Gasteiger partial charge in [0.15, 0.2) is 11.3 Å². The molecule has 0 aliphatic heterocycles. The molecule has 0 saturated carbocycles. The van der Waals surface area contributed by atoms with Crippen LogP contribution in [0, 0.1) is 0 Å². The maximum atomic E-state index is 5.55. The quantitative estimate of drug-likeness (QED) is 0.184. The molecule has 0 fully saturated rings. The fourth-order valence-corrected chi connectivity index (χ4v) is 4.24. The van der Waals surface area contributed by atoms with E-state index in [1.54, 1.807) is 14.2 Å². The first-order valence-corrected chi connectivity index (χ1v) is 13.1. The molecular formula is C25H36BrN5O2. The van der Waals surface area contributed by atoms with Gasteiger partial charge in [0.05, 0.1) is 19.9 Å². The Balaban J connectivity index is 1.78. The Labute approximate surface area is 205 Å². The fourth-order valence-electron chi connectivity index (χ4n) is 3.84. The van der Waals surface area contributed by atoms with Crippen molar-refractivity contribution < 1.29 is 9.47 Å². The van der Waals surface area contributed by atoms with E-state index < -0.39 is 0 Å². The smallest absolute Gasteiger partial charge is 0.158 e. The van der Waals surface area contributed by atoms with Gasteiger partial charge < -0.3 is 14.8 Å². The number of aromatic nitrogens is 4. The summed E-state index contributed by atoms with van der Waals surface area (Å²) in [6.07, 6.45) is 10.2. The summed E-state index contributed by atoms with van der Waals surface area (Å²) in [7, 11) is 3.32. The first-order chi connectivity index (χ1) is 16.2. The van der Waals surface area contributed by atoms with E-state index in [-0.39, 0.29) is 0 Å². The van der Waals surface area contributed by atoms with Crippen molar-refractivity contribution in [1.29, 1.82) is 0 Å². The number of aromatic amines is 1. The van der Waals surface area contributed by atoms with E-state index in [0.717, 1.165) is 82.9 Å². The number of aryl methyl sites for hydroxylation is 2. The number of benzene rings is 1. The minimum atomic E-state index is 0.572. The molecular weight excluding hydrogens is 482 g/mol. The van der Waals surface area contributed by atoms with Crippen molar-refractivity contribution >= 4 is 32.8 Å². The standard InChI is InChI=1S/C25H36BrN5O2/c1-4-5-12-22-28-23-20(11-9-7-6-8-10-15-26)30-31-24(23)25(29-22)27-17-18-13-14-19(32-2)16-21(18)33-3/h13-14,16H,4-12,15,17H2,1-3H3,(H,30,31)(H,27,28,29). The number of alkyl halides is 1. The van der Waals surface area contributed by atoms with E-state index in [2.05, 4.69) is 38.4 Å². The number of ether oxygens (including phenoxy) is 2. The molecule has 2 heterocycles. The van der Waals surface area contributed by atoms with Gasteiger partial charge >= 0.3 is 0 Å². The number of H-pyrrole nitrogens is 1. The molecule has 0 aliphatic carbocycles. The third-order valence-corrected chi connectivity index (χ3v) is 6.33. The number of hydrogen-bond acceptors (Lipinski definition) is 6. The molecule has 0 spiro atoms. The van der Waals surface area contributed by atoms with Crippen LogP contribution >= 0.6 is 15.9 Å². The molecule has 2 aromatic heterocycles. The summed E-state index contributed by atoms with van der Waals surface area (Å²) in [4.78, 5) is 9.69. The Morgan fingerprint density at radius 1 is 0.939 bits per heavy atom. The number of hydrogen-bond donors (Lipinski definition) is 2. The van der Waals surface area contributed by atoms with Gasteiger partial charge in [0.25, 0.3) is 0 Å². The molecule has 0 amide bonds. The second-order valence-corrected chi connectivity index (χ2v) is 9.02. The number of unbranched alkanes of at least 4 members (excludes halogenated alkanes) is 5. The summed E-state index contributed by atoms with van der Waals surface area (Å²) >= 11 is 3.50. The summed E-state index contributed by atoms with van der Waals surface area (Å²) in [6.45, 7) is 2.76. The molecule has 0 radical (unpaired) electrons. The van der Waals surface area contributed by atoms with Crippen molar-refractivity contribution in [3.05, 3.63) is 35.3 Å². The Bertz CT molecular complexity index is 1010. The molecule has 33 heavy (non-hydrogen) atoms. The van der Waals surface area contributed by atoms with Crippen LogP contribution in [-0.2, 0) is 19.4 Å². The van der Waals surface area contributed by atoms with Crippen molar-refractivity contribution in [2.75, 3.05) is 24.9 Å². The summed E-state index contributed by atoms with van der Waals surface area (Å²) in [5.41, 5.74) is 3.88. The number of anilines is 1. The third-order valence-electron chi connectivity index (χ3n) is 5.77. The lowest BCUT2D eigenvalue weighted by Crippen LogP contribution is -2.07. The van der Waals surface area contributed by atoms with Gasteiger partial charge in [-0.15, -0.1) is 0 Å². The van der Waals surface area contributed by atoms with Crippen LogP contribution in [0.5, 0.6) is 11.5 Å². The maximum absolute atomic E-state index is 5.55. The number of methoxy groups -OCH3 is 2. The maximum Gasteiger partial charge on any atom is 0.158 e. The second kappa shape index (κ2) is 13.4. The minimum absolute atomic E-state index is 0.572. The summed E-state index contributed by atoms with van der Waals surface area (Å²) in [6, 6.07) is 5.84. The highest BCUT2D eigenvalue weighted by Crippen LogP contribution is 2.27. The van der Waals surface area contributed by atoms with Crippen LogP contribution in [-0.4, -0.2) is 39.7 Å². The molecule has 0 atom stereocenters. The zero-order chi connectivity index (χ0) is 23.5. The molecule has 0 saturated heterocycles. The summed E-state index contributed by atoms with van der Waals surface area (Å²) in [5, 5.41) is 12.4. The fraction of sp³-hybridized carbons (Fsp3) is 0.560. The lowest BCUT2D eigenvalue weighted by Gasteiger charge is -2.12. The van der Waals surface area contributed by atoms with Crippen molar-refractivity contribution in [1.82, 2.24) is 20.2 Å². The van der Waals surface area contributed by atoms with Crippen LogP contribution < -0.4 is 14.8 Å². The number of fused-ring (bicyclic) bond motifs is 1. The van der Waals surface area contributed by atoms with Crippen LogP contribution in [0.3, 0.4) is 0 Å². The number of halogens is 1. The molecule has 0 bridgehead atoms. The van der Waals surface area contributed by atoms with Gasteiger partial charge in [0.1, 0.15) is 22.8 Å². The topological polar surface area (TPSA) is 85.0 Å². The van der Waals surface area contributed by atoms with Gasteiger partial charge in [-0.2, -0.15) is 5.10 Å². The molecule has 3 rings (SSSR count). The molecule has 3 aromatic rings. The summed E-state index contributed by atoms with van der Waals surface area (Å²) in [5.74, 6) is 3.18. The summed E-state index contributed by atoms with van der Waals surface area (Å²) < 4.78 is 10.9. The first kappa shape index (κ1) is 25.3. The van der Waals surface area contributed by atoms with Gasteiger partial charge in [0.2, 0.25) is 0 Å². The van der Waals surface area contributed by atoms with Crippen molar-refractivity contribution in [2.24, 2.45) is 0 Å². The lowest BCUT2D eigenvalue weighted by atomic mass is 10.1. The van der Waals surface area contributed by atoms with Crippen LogP contribution in [0.1, 0.15) is 69.0 Å². The van der Waals surface area contributed by atoms with E-state index >= 15 is 0 Å². The highest BCUT2D eigenvalue weighted by atomic mass is 79.9. The Morgan fingerprint density at radius 3 is 2.52 bits per heavy atom. The van der Waals surface area contributed by atoms with Crippen molar-refractivity contribution in [3.63, 3.8) is 0 Å². The average molecular weight is 519 g/mol. The zero-order valence-corrected chi connectivity index (χ0v) is 21.6. The van der Waals surface area contributed by atoms with Gasteiger partial charge in [-0.3, -0.25) is 5.10 Å².